The van der Waals surface area contributed by atoms with Gasteiger partial charge >= 0.3 is 5.97 Å². The first-order valence-electron chi connectivity index (χ1n) is 23.0. The molecule has 0 bridgehead atoms. The number of hydrogen-bond acceptors (Lipinski definition) is 14. The van der Waals surface area contributed by atoms with Crippen LogP contribution in [0.5, 0.6) is 0 Å². The number of ether oxygens (including phenoxy) is 2. The number of halogens is 1. The monoisotopic (exact) mass is 1000 g/mol. The third-order valence-electron chi connectivity index (χ3n) is 13.2. The summed E-state index contributed by atoms with van der Waals surface area (Å²) < 4.78 is 27.8. The molecule has 0 saturated carbocycles. The molecule has 4 atom stereocenters. The van der Waals surface area contributed by atoms with E-state index in [1.165, 1.54) is 34.9 Å². The first-order chi connectivity index (χ1) is 34.6. The fourth-order valence-electron chi connectivity index (χ4n) is 9.53. The van der Waals surface area contributed by atoms with E-state index in [0.717, 1.165) is 27.0 Å². The maximum Gasteiger partial charge on any atom is 0.340 e. The molecule has 2 aromatic heterocycles. The summed E-state index contributed by atoms with van der Waals surface area (Å²) in [4.78, 5) is 121. The Morgan fingerprint density at radius 2 is 1.65 bits per heavy atom. The molecule has 4 unspecified atom stereocenters. The largest absolute Gasteiger partial charge is 0.458 e. The van der Waals surface area contributed by atoms with Crippen molar-refractivity contribution in [3.8, 4) is 11.4 Å². The summed E-state index contributed by atoms with van der Waals surface area (Å²) in [6.45, 7) is -0.145. The number of thiol groups is 1. The SMILES string of the molecule is Cc1c(F)cc2nc3c(c4c2c1CCC4COCNC(=O)CNC(=O)C(Cc1ccccc1)NC(=O)CNC(=O)CNC(=O)c1cccc(N2C(=O)CC(S)C2=O)c1)Cn1c-3cc2c(c1=O)COC(=O)C2O. The predicted molar refractivity (Wildman–Crippen MR) is 257 cm³/mol. The third kappa shape index (κ3) is 9.79. The number of pyridine rings is 2. The van der Waals surface area contributed by atoms with Gasteiger partial charge in [0.15, 0.2) is 6.10 Å². The number of carbonyl (C=O) groups excluding carboxylic acids is 8. The normalized spacial score (nSPS) is 17.9. The van der Waals surface area contributed by atoms with Crippen LogP contribution in [0.2, 0.25) is 0 Å². The molecule has 9 rings (SSSR count). The number of aromatic nitrogens is 2. The molecular formula is C50H47FN8O12S. The third-order valence-corrected chi connectivity index (χ3v) is 13.6. The van der Waals surface area contributed by atoms with Crippen molar-refractivity contribution in [2.45, 2.75) is 69.1 Å². The minimum Gasteiger partial charge on any atom is -0.458 e. The number of anilines is 1. The molecule has 1 saturated heterocycles. The Labute approximate surface area is 414 Å². The zero-order valence-corrected chi connectivity index (χ0v) is 39.4. The number of aryl methyl sites for hydroxylation is 1. The fourth-order valence-corrected chi connectivity index (χ4v) is 9.80. The number of carbonyl (C=O) groups is 8. The molecular weight excluding hydrogens is 956 g/mol. The van der Waals surface area contributed by atoms with Gasteiger partial charge in [-0.1, -0.05) is 36.4 Å². The molecule has 3 aromatic carbocycles. The molecule has 0 radical (unpaired) electrons. The zero-order valence-electron chi connectivity index (χ0n) is 38.5. The van der Waals surface area contributed by atoms with Gasteiger partial charge in [0.1, 0.15) is 25.2 Å². The van der Waals surface area contributed by atoms with Crippen molar-refractivity contribution in [2.75, 3.05) is 37.9 Å². The van der Waals surface area contributed by atoms with Crippen molar-refractivity contribution in [3.05, 3.63) is 127 Å². The van der Waals surface area contributed by atoms with Crippen molar-refractivity contribution >= 4 is 76.5 Å². The first-order valence-corrected chi connectivity index (χ1v) is 23.5. The van der Waals surface area contributed by atoms with Gasteiger partial charge in [-0.3, -0.25) is 38.4 Å². The second kappa shape index (κ2) is 20.5. The molecule has 4 aliphatic rings. The molecule has 72 heavy (non-hydrogen) atoms. The van der Waals surface area contributed by atoms with Gasteiger partial charge in [-0.15, -0.1) is 0 Å². The standard InChI is InChI=1S/C50H47FN8O12S/c1-24-29-11-10-27(42-31-20-58-36(44(31)57-34(43(29)42)15-33(24)51)14-30-32(48(58)67)22-71-50(69)45(30)64)21-70-23-55-39(61)18-54-47(66)35(12-25-6-3-2-4-7-25)56-40(62)19-52-38(60)17-53-46(65)26-8-5-9-28(13-26)59-41(63)16-37(72)49(59)68/h2-9,13-15,27,35,37,45,64,72H,10-12,16-23H2,1H3,(H,52,60)(H,53,65)(H,54,66)(H,55,61)(H,56,62). The van der Waals surface area contributed by atoms with Crippen LogP contribution in [-0.2, 0) is 69.0 Å². The van der Waals surface area contributed by atoms with Crippen molar-refractivity contribution in [1.29, 1.82) is 0 Å². The summed E-state index contributed by atoms with van der Waals surface area (Å²) in [5, 5.41) is 23.1. The first kappa shape index (κ1) is 49.2. The lowest BCUT2D eigenvalue weighted by Gasteiger charge is -2.29. The number of aliphatic hydroxyl groups is 1. The molecule has 5 heterocycles. The van der Waals surface area contributed by atoms with Gasteiger partial charge in [0, 0.05) is 46.9 Å². The van der Waals surface area contributed by atoms with E-state index in [2.05, 4.69) is 39.2 Å². The Kier molecular flexibility index (Phi) is 14.0. The number of fused-ring (bicyclic) bond motifs is 5. The molecule has 7 amide bonds. The summed E-state index contributed by atoms with van der Waals surface area (Å²) in [7, 11) is 0. The number of amides is 7. The number of nitrogens with zero attached hydrogens (tertiary/aromatic N) is 3. The highest BCUT2D eigenvalue weighted by Crippen LogP contribution is 2.46. The van der Waals surface area contributed by atoms with Gasteiger partial charge in [-0.25, -0.2) is 19.1 Å². The van der Waals surface area contributed by atoms with Crippen LogP contribution < -0.4 is 37.0 Å². The molecule has 5 aromatic rings. The molecule has 20 nitrogen and oxygen atoms in total. The summed E-state index contributed by atoms with van der Waals surface area (Å²) in [5.74, 6) is -5.97. The van der Waals surface area contributed by atoms with E-state index >= 15 is 4.39 Å². The number of rotatable bonds is 16. The topological polar surface area (TPSA) is 274 Å². The number of cyclic esters (lactones) is 1. The average Bonchev–Trinajstić information content (AvgIpc) is 3.87. The van der Waals surface area contributed by atoms with E-state index in [-0.39, 0.29) is 67.6 Å². The van der Waals surface area contributed by atoms with Crippen molar-refractivity contribution in [1.82, 2.24) is 36.1 Å². The summed E-state index contributed by atoms with van der Waals surface area (Å²) in [6, 6.07) is 16.3. The minimum atomic E-state index is -1.64. The maximum atomic E-state index is 15.3. The van der Waals surface area contributed by atoms with Crippen LogP contribution in [0.15, 0.2) is 71.5 Å². The van der Waals surface area contributed by atoms with Crippen LogP contribution >= 0.6 is 12.6 Å². The van der Waals surface area contributed by atoms with E-state index in [9.17, 15) is 48.3 Å². The lowest BCUT2D eigenvalue weighted by Crippen LogP contribution is -2.52. The van der Waals surface area contributed by atoms with Crippen LogP contribution in [0.4, 0.5) is 10.1 Å². The quantitative estimate of drug-likeness (QED) is 0.0235. The number of benzene rings is 3. The van der Waals surface area contributed by atoms with Gasteiger partial charge in [-0.05, 0) is 66.3 Å². The Bertz CT molecular complexity index is 3190. The molecule has 1 fully saturated rings. The van der Waals surface area contributed by atoms with E-state index in [0.29, 0.717) is 40.9 Å². The van der Waals surface area contributed by atoms with Gasteiger partial charge in [0.05, 0.1) is 66.2 Å². The average molecular weight is 1000 g/mol. The zero-order chi connectivity index (χ0) is 51.0. The highest BCUT2D eigenvalue weighted by Gasteiger charge is 2.39. The van der Waals surface area contributed by atoms with Crippen LogP contribution in [0.3, 0.4) is 0 Å². The van der Waals surface area contributed by atoms with Gasteiger partial charge in [-0.2, -0.15) is 12.6 Å². The van der Waals surface area contributed by atoms with Crippen LogP contribution in [-0.4, -0.2) is 106 Å². The Balaban J connectivity index is 0.782. The van der Waals surface area contributed by atoms with Crippen LogP contribution in [0.1, 0.15) is 74.2 Å². The Hall–Kier alpha value is -7.82. The Morgan fingerprint density at radius 1 is 0.903 bits per heavy atom. The Morgan fingerprint density at radius 3 is 2.42 bits per heavy atom. The molecule has 1 aliphatic carbocycles. The van der Waals surface area contributed by atoms with Crippen LogP contribution in [0, 0.1) is 12.7 Å². The van der Waals surface area contributed by atoms with E-state index in [1.54, 1.807) is 43.3 Å². The number of nitrogens with one attached hydrogen (secondary N) is 5. The summed E-state index contributed by atoms with van der Waals surface area (Å²) >= 11 is 4.12. The number of hydrogen-bond donors (Lipinski definition) is 7. The maximum absolute atomic E-state index is 15.3. The molecule has 3 aliphatic heterocycles. The summed E-state index contributed by atoms with van der Waals surface area (Å²) in [5.41, 5.74) is 4.85. The second-order valence-electron chi connectivity index (χ2n) is 17.7. The smallest absolute Gasteiger partial charge is 0.340 e. The highest BCUT2D eigenvalue weighted by molar-refractivity contribution is 7.82. The lowest BCUT2D eigenvalue weighted by atomic mass is 9.78. The highest BCUT2D eigenvalue weighted by atomic mass is 32.1. The number of aliphatic hydroxyl groups excluding tert-OH is 1. The second-order valence-corrected chi connectivity index (χ2v) is 18.4. The van der Waals surface area contributed by atoms with Gasteiger partial charge in [0.25, 0.3) is 11.5 Å². The van der Waals surface area contributed by atoms with E-state index < -0.39 is 95.7 Å². The molecule has 372 valence electrons. The van der Waals surface area contributed by atoms with Crippen molar-refractivity contribution in [3.63, 3.8) is 0 Å². The van der Waals surface area contributed by atoms with Crippen LogP contribution in [0.25, 0.3) is 22.3 Å². The number of esters is 1. The molecule has 22 heteroatoms. The summed E-state index contributed by atoms with van der Waals surface area (Å²) in [6.07, 6.45) is -0.617. The molecule has 0 spiro atoms. The van der Waals surface area contributed by atoms with Gasteiger partial charge in [0.2, 0.25) is 35.4 Å². The van der Waals surface area contributed by atoms with E-state index in [4.69, 9.17) is 14.5 Å². The van der Waals surface area contributed by atoms with E-state index in [1.807, 2.05) is 0 Å². The fraction of sp³-hybridized carbons (Fsp3) is 0.320. The molecule has 6 N–H and O–H groups in total. The number of imide groups is 1. The van der Waals surface area contributed by atoms with Crippen molar-refractivity contribution < 1.29 is 57.3 Å². The predicted octanol–water partition coefficient (Wildman–Crippen LogP) is 1.03. The minimum absolute atomic E-state index is 0.0379. The van der Waals surface area contributed by atoms with Crippen molar-refractivity contribution in [2.24, 2.45) is 0 Å². The lowest BCUT2D eigenvalue weighted by molar-refractivity contribution is -0.157. The van der Waals surface area contributed by atoms with Gasteiger partial charge < -0.3 is 45.7 Å².